The molecule has 0 radical (unpaired) electrons. The van der Waals surface area contributed by atoms with E-state index in [0.29, 0.717) is 0 Å². The van der Waals surface area contributed by atoms with Crippen molar-refractivity contribution in [2.45, 2.75) is 18.1 Å². The number of hydrogen-bond acceptors (Lipinski definition) is 6. The fourth-order valence-electron chi connectivity index (χ4n) is 2.20. The predicted octanol–water partition coefficient (Wildman–Crippen LogP) is 4.98. The summed E-state index contributed by atoms with van der Waals surface area (Å²) in [6.07, 6.45) is 1.50. The van der Waals surface area contributed by atoms with Gasteiger partial charge in [0.2, 0.25) is 9.84 Å². The molecular weight excluding hydrogens is 354 g/mol. The molecule has 112 valence electrons. The molecule has 3 nitrogen and oxygen atoms in total. The first kappa shape index (κ1) is 15.4. The van der Waals surface area contributed by atoms with Gasteiger partial charge in [0.15, 0.2) is 4.91 Å². The largest absolute Gasteiger partial charge is 0.226 e. The SMILES string of the molecule is Cc1csc2sc(C=C(C#N)S(=O)(=O)c3cccs3)c(C)c12. The van der Waals surface area contributed by atoms with Crippen LogP contribution >= 0.6 is 34.0 Å². The number of rotatable bonds is 3. The van der Waals surface area contributed by atoms with E-state index >= 15 is 0 Å². The minimum Gasteiger partial charge on any atom is -0.217 e. The molecule has 0 spiro atoms. The van der Waals surface area contributed by atoms with E-state index < -0.39 is 9.84 Å². The van der Waals surface area contributed by atoms with E-state index in [4.69, 9.17) is 0 Å². The van der Waals surface area contributed by atoms with Crippen LogP contribution in [0.3, 0.4) is 0 Å². The summed E-state index contributed by atoms with van der Waals surface area (Å²) in [6, 6.07) is 5.04. The van der Waals surface area contributed by atoms with Crippen molar-refractivity contribution in [1.82, 2.24) is 0 Å². The van der Waals surface area contributed by atoms with Crippen LogP contribution in [0.5, 0.6) is 0 Å². The van der Waals surface area contributed by atoms with E-state index in [-0.39, 0.29) is 9.11 Å². The molecule has 0 atom stereocenters. The number of fused-ring (bicyclic) bond motifs is 1. The fraction of sp³-hybridized carbons (Fsp3) is 0.133. The van der Waals surface area contributed by atoms with Gasteiger partial charge in [-0.05, 0) is 47.9 Å². The van der Waals surface area contributed by atoms with Crippen molar-refractivity contribution in [2.75, 3.05) is 0 Å². The third-order valence-electron chi connectivity index (χ3n) is 3.31. The summed E-state index contributed by atoms with van der Waals surface area (Å²) in [5, 5.41) is 14.3. The molecular formula is C15H11NO2S4. The molecule has 3 aromatic rings. The Morgan fingerprint density at radius 3 is 2.68 bits per heavy atom. The van der Waals surface area contributed by atoms with Crippen LogP contribution in [0, 0.1) is 25.2 Å². The first-order chi connectivity index (χ1) is 10.4. The van der Waals surface area contributed by atoms with E-state index in [1.165, 1.54) is 34.4 Å². The van der Waals surface area contributed by atoms with Gasteiger partial charge in [0.25, 0.3) is 0 Å². The molecule has 3 aromatic heterocycles. The van der Waals surface area contributed by atoms with Crippen molar-refractivity contribution in [3.05, 3.63) is 43.8 Å². The minimum absolute atomic E-state index is 0.201. The van der Waals surface area contributed by atoms with Gasteiger partial charge >= 0.3 is 0 Å². The third kappa shape index (κ3) is 2.42. The molecule has 0 bridgehead atoms. The second kappa shape index (κ2) is 5.63. The Labute approximate surface area is 140 Å². The van der Waals surface area contributed by atoms with E-state index in [9.17, 15) is 13.7 Å². The lowest BCUT2D eigenvalue weighted by Crippen LogP contribution is -2.01. The maximum atomic E-state index is 12.5. The van der Waals surface area contributed by atoms with Crippen LogP contribution in [0.4, 0.5) is 0 Å². The Bertz CT molecular complexity index is 1010. The van der Waals surface area contributed by atoms with Crippen LogP contribution in [-0.4, -0.2) is 8.42 Å². The molecule has 0 N–H and O–H groups in total. The highest BCUT2D eigenvalue weighted by Gasteiger charge is 2.23. The zero-order chi connectivity index (χ0) is 15.9. The molecule has 0 aromatic carbocycles. The Morgan fingerprint density at radius 1 is 1.32 bits per heavy atom. The summed E-state index contributed by atoms with van der Waals surface area (Å²) in [5.41, 5.74) is 2.22. The summed E-state index contributed by atoms with van der Waals surface area (Å²) >= 11 is 4.30. The zero-order valence-electron chi connectivity index (χ0n) is 11.8. The minimum atomic E-state index is -3.72. The smallest absolute Gasteiger partial charge is 0.217 e. The molecule has 0 fully saturated rings. The molecule has 0 amide bonds. The van der Waals surface area contributed by atoms with Gasteiger partial charge in [-0.1, -0.05) is 6.07 Å². The van der Waals surface area contributed by atoms with E-state index in [1.807, 2.05) is 19.9 Å². The Kier molecular flexibility index (Phi) is 3.95. The van der Waals surface area contributed by atoms with Crippen LogP contribution in [0.25, 0.3) is 15.5 Å². The summed E-state index contributed by atoms with van der Waals surface area (Å²) in [5.74, 6) is 0. The highest BCUT2D eigenvalue weighted by Crippen LogP contribution is 2.39. The van der Waals surface area contributed by atoms with Gasteiger partial charge in [-0.2, -0.15) is 5.26 Å². The number of sulfone groups is 1. The molecule has 7 heteroatoms. The monoisotopic (exact) mass is 365 g/mol. The van der Waals surface area contributed by atoms with Gasteiger partial charge in [0.1, 0.15) is 10.3 Å². The van der Waals surface area contributed by atoms with Crippen LogP contribution in [0.15, 0.2) is 32.0 Å². The number of nitrogens with zero attached hydrogens (tertiary/aromatic N) is 1. The zero-order valence-corrected chi connectivity index (χ0v) is 15.0. The first-order valence-electron chi connectivity index (χ1n) is 6.32. The average molecular weight is 366 g/mol. The van der Waals surface area contributed by atoms with Gasteiger partial charge < -0.3 is 0 Å². The second-order valence-electron chi connectivity index (χ2n) is 4.73. The summed E-state index contributed by atoms with van der Waals surface area (Å²) in [6.45, 7) is 4.01. The quantitative estimate of drug-likeness (QED) is 0.615. The lowest BCUT2D eigenvalue weighted by atomic mass is 10.1. The molecule has 0 saturated heterocycles. The predicted molar refractivity (Wildman–Crippen MR) is 94.3 cm³/mol. The molecule has 0 aliphatic heterocycles. The third-order valence-corrected chi connectivity index (χ3v) is 8.83. The summed E-state index contributed by atoms with van der Waals surface area (Å²) < 4.78 is 26.3. The summed E-state index contributed by atoms with van der Waals surface area (Å²) in [4.78, 5) is 0.631. The van der Waals surface area contributed by atoms with Crippen molar-refractivity contribution >= 4 is 59.3 Å². The van der Waals surface area contributed by atoms with Gasteiger partial charge in [-0.3, -0.25) is 0 Å². The van der Waals surface area contributed by atoms with Crippen LogP contribution in [0.2, 0.25) is 0 Å². The molecule has 0 aliphatic carbocycles. The number of nitriles is 1. The molecule has 3 rings (SSSR count). The molecule has 0 unspecified atom stereocenters. The second-order valence-corrected chi connectivity index (χ2v) is 10.0. The van der Waals surface area contributed by atoms with Crippen LogP contribution < -0.4 is 0 Å². The van der Waals surface area contributed by atoms with Gasteiger partial charge in [0.05, 0.1) is 4.01 Å². The van der Waals surface area contributed by atoms with Crippen molar-refractivity contribution in [3.8, 4) is 6.07 Å². The molecule has 3 heterocycles. The van der Waals surface area contributed by atoms with E-state index in [0.717, 1.165) is 25.8 Å². The topological polar surface area (TPSA) is 57.9 Å². The molecule has 22 heavy (non-hydrogen) atoms. The van der Waals surface area contributed by atoms with Crippen molar-refractivity contribution < 1.29 is 8.42 Å². The maximum absolute atomic E-state index is 12.5. The highest BCUT2D eigenvalue weighted by atomic mass is 32.2. The van der Waals surface area contributed by atoms with Gasteiger partial charge in [-0.15, -0.1) is 34.0 Å². The van der Waals surface area contributed by atoms with Crippen LogP contribution in [0.1, 0.15) is 16.0 Å². The number of thiophene rings is 3. The Morgan fingerprint density at radius 2 is 2.09 bits per heavy atom. The fourth-order valence-corrected chi connectivity index (χ4v) is 7.02. The molecule has 0 saturated carbocycles. The average Bonchev–Trinajstić information content (AvgIpc) is 3.17. The maximum Gasteiger partial charge on any atom is 0.226 e. The number of aryl methyl sites for hydroxylation is 2. The number of allylic oxidation sites excluding steroid dienone is 1. The standard InChI is InChI=1S/C15H11NO2S4/c1-9-8-20-15-14(9)10(2)12(21-15)6-11(7-16)22(17,18)13-4-3-5-19-13/h3-6,8H,1-2H3. The summed E-state index contributed by atoms with van der Waals surface area (Å²) in [7, 11) is -3.72. The highest BCUT2D eigenvalue weighted by molar-refractivity contribution is 7.97. The van der Waals surface area contributed by atoms with Gasteiger partial charge in [-0.25, -0.2) is 8.42 Å². The van der Waals surface area contributed by atoms with Crippen molar-refractivity contribution in [1.29, 1.82) is 5.26 Å². The van der Waals surface area contributed by atoms with Crippen LogP contribution in [-0.2, 0) is 9.84 Å². The van der Waals surface area contributed by atoms with E-state index in [2.05, 4.69) is 5.38 Å². The van der Waals surface area contributed by atoms with Gasteiger partial charge in [0, 0.05) is 10.3 Å². The number of hydrogen-bond donors (Lipinski definition) is 0. The van der Waals surface area contributed by atoms with Crippen molar-refractivity contribution in [2.24, 2.45) is 0 Å². The first-order valence-corrected chi connectivity index (χ1v) is 10.4. The lowest BCUT2D eigenvalue weighted by molar-refractivity contribution is 0.605. The van der Waals surface area contributed by atoms with E-state index in [1.54, 1.807) is 22.8 Å². The Hall–Kier alpha value is -1.46. The normalized spacial score (nSPS) is 12.7. The molecule has 0 aliphatic rings. The van der Waals surface area contributed by atoms with Crippen molar-refractivity contribution in [3.63, 3.8) is 0 Å². The Balaban J connectivity index is 2.16. The lowest BCUT2D eigenvalue weighted by Gasteiger charge is -1.99.